The van der Waals surface area contributed by atoms with Crippen LogP contribution in [0.25, 0.3) is 5.57 Å². The van der Waals surface area contributed by atoms with Crippen molar-refractivity contribution >= 4 is 11.5 Å². The van der Waals surface area contributed by atoms with E-state index < -0.39 is 0 Å². The van der Waals surface area contributed by atoms with Crippen LogP contribution in [-0.4, -0.2) is 31.3 Å². The number of nitrogens with zero attached hydrogens (tertiary/aromatic N) is 2. The van der Waals surface area contributed by atoms with Crippen molar-refractivity contribution in [1.29, 1.82) is 0 Å². The molecule has 1 aliphatic carbocycles. The molecule has 5 heteroatoms. The molecular weight excluding hydrogens is 331 g/mol. The number of aromatic nitrogens is 1. The molecule has 0 amide bonds. The molecule has 4 nitrogen and oxygen atoms in total. The summed E-state index contributed by atoms with van der Waals surface area (Å²) in [6, 6.07) is 6.63. The number of hydrogen-bond acceptors (Lipinski definition) is 4. The van der Waals surface area contributed by atoms with Crippen molar-refractivity contribution in [2.75, 3.05) is 31.2 Å². The van der Waals surface area contributed by atoms with Crippen LogP contribution in [0.5, 0.6) is 0 Å². The monoisotopic (exact) mass is 356 g/mol. The topological polar surface area (TPSA) is 38.5 Å². The number of halogens is 1. The number of ether oxygens (including phenoxy) is 1. The molecule has 0 unspecified atom stereocenters. The summed E-state index contributed by atoms with van der Waals surface area (Å²) in [7, 11) is 0. The second-order valence-corrected chi connectivity index (χ2v) is 7.00. The van der Waals surface area contributed by atoms with Crippen LogP contribution in [0, 0.1) is 5.82 Å². The highest BCUT2D eigenvalue weighted by molar-refractivity contribution is 5.61. The van der Waals surface area contributed by atoms with Crippen molar-refractivity contribution in [3.63, 3.8) is 0 Å². The molecule has 0 bridgehead atoms. The standard InChI is InChI=1S/C21H25FN2O2/c22-18-9-7-16(8-10-18)15-19-21(24-11-13-25-14-12-24)26-20(23-19)17-5-3-1-2-4-6-17/h5,7-10H,1-4,6,11-15H2. The van der Waals surface area contributed by atoms with E-state index in [-0.39, 0.29) is 5.82 Å². The van der Waals surface area contributed by atoms with Crippen LogP contribution in [0.2, 0.25) is 0 Å². The van der Waals surface area contributed by atoms with Gasteiger partial charge in [0, 0.05) is 25.1 Å². The summed E-state index contributed by atoms with van der Waals surface area (Å²) in [5, 5.41) is 0. The molecule has 1 saturated heterocycles. The van der Waals surface area contributed by atoms with E-state index in [0.717, 1.165) is 49.0 Å². The molecule has 2 aliphatic rings. The van der Waals surface area contributed by atoms with E-state index in [4.69, 9.17) is 14.1 Å². The molecule has 0 N–H and O–H groups in total. The number of oxazole rings is 1. The van der Waals surface area contributed by atoms with Gasteiger partial charge in [-0.1, -0.05) is 24.6 Å². The fourth-order valence-electron chi connectivity index (χ4n) is 3.61. The Balaban J connectivity index is 1.65. The van der Waals surface area contributed by atoms with Gasteiger partial charge in [0.25, 0.3) is 0 Å². The van der Waals surface area contributed by atoms with Gasteiger partial charge in [-0.3, -0.25) is 0 Å². The van der Waals surface area contributed by atoms with Gasteiger partial charge in [-0.05, 0) is 43.4 Å². The van der Waals surface area contributed by atoms with Gasteiger partial charge in [0.1, 0.15) is 11.5 Å². The lowest BCUT2D eigenvalue weighted by Crippen LogP contribution is -2.36. The third kappa shape index (κ3) is 3.98. The zero-order chi connectivity index (χ0) is 17.8. The van der Waals surface area contributed by atoms with Crippen molar-refractivity contribution < 1.29 is 13.5 Å². The van der Waals surface area contributed by atoms with E-state index in [1.54, 1.807) is 0 Å². The van der Waals surface area contributed by atoms with Crippen LogP contribution < -0.4 is 4.90 Å². The van der Waals surface area contributed by atoms with Gasteiger partial charge in [0.2, 0.25) is 11.8 Å². The lowest BCUT2D eigenvalue weighted by molar-refractivity contribution is 0.120. The average molecular weight is 356 g/mol. The first kappa shape index (κ1) is 17.3. The normalized spacial score (nSPS) is 18.5. The van der Waals surface area contributed by atoms with Crippen molar-refractivity contribution in [3.8, 4) is 0 Å². The van der Waals surface area contributed by atoms with Crippen LogP contribution in [-0.2, 0) is 11.2 Å². The Kier molecular flexibility index (Phi) is 5.34. The zero-order valence-corrected chi connectivity index (χ0v) is 15.0. The van der Waals surface area contributed by atoms with Crippen molar-refractivity contribution in [1.82, 2.24) is 4.98 Å². The highest BCUT2D eigenvalue weighted by Crippen LogP contribution is 2.32. The second-order valence-electron chi connectivity index (χ2n) is 7.00. The average Bonchev–Trinajstić information content (AvgIpc) is 2.89. The number of rotatable bonds is 4. The SMILES string of the molecule is Fc1ccc(Cc2nc(C3=CCCCCC3)oc2N2CCOCC2)cc1. The van der Waals surface area contributed by atoms with Gasteiger partial charge < -0.3 is 14.1 Å². The van der Waals surface area contributed by atoms with E-state index in [1.807, 2.05) is 12.1 Å². The first-order valence-electron chi connectivity index (χ1n) is 9.56. The molecule has 0 atom stereocenters. The third-order valence-electron chi connectivity index (χ3n) is 5.08. The highest BCUT2D eigenvalue weighted by Gasteiger charge is 2.23. The van der Waals surface area contributed by atoms with E-state index in [0.29, 0.717) is 19.6 Å². The van der Waals surface area contributed by atoms with Crippen LogP contribution in [0.15, 0.2) is 34.8 Å². The smallest absolute Gasteiger partial charge is 0.224 e. The minimum absolute atomic E-state index is 0.216. The maximum absolute atomic E-state index is 13.2. The van der Waals surface area contributed by atoms with Crippen molar-refractivity contribution in [2.24, 2.45) is 0 Å². The number of hydrogen-bond donors (Lipinski definition) is 0. The molecule has 2 aromatic rings. The second kappa shape index (κ2) is 8.04. The summed E-state index contributed by atoms with van der Waals surface area (Å²) in [4.78, 5) is 7.08. The van der Waals surface area contributed by atoms with Gasteiger partial charge in [0.05, 0.1) is 13.2 Å². The summed E-state index contributed by atoms with van der Waals surface area (Å²) >= 11 is 0. The first-order valence-corrected chi connectivity index (χ1v) is 9.56. The number of morpholine rings is 1. The number of anilines is 1. The van der Waals surface area contributed by atoms with Gasteiger partial charge >= 0.3 is 0 Å². The Morgan fingerprint density at radius 2 is 1.85 bits per heavy atom. The van der Waals surface area contributed by atoms with E-state index in [9.17, 15) is 4.39 Å². The highest BCUT2D eigenvalue weighted by atomic mass is 19.1. The van der Waals surface area contributed by atoms with Gasteiger partial charge in [-0.2, -0.15) is 0 Å². The largest absolute Gasteiger partial charge is 0.421 e. The fourth-order valence-corrected chi connectivity index (χ4v) is 3.61. The Hall–Kier alpha value is -2.14. The van der Waals surface area contributed by atoms with E-state index in [1.165, 1.54) is 37.0 Å². The maximum Gasteiger partial charge on any atom is 0.224 e. The van der Waals surface area contributed by atoms with Gasteiger partial charge in [-0.25, -0.2) is 9.37 Å². The number of allylic oxidation sites excluding steroid dienone is 2. The Morgan fingerprint density at radius 3 is 2.65 bits per heavy atom. The Labute approximate surface area is 153 Å². The summed E-state index contributed by atoms with van der Waals surface area (Å²) in [5.74, 6) is 1.38. The molecule has 26 heavy (non-hydrogen) atoms. The van der Waals surface area contributed by atoms with Crippen LogP contribution in [0.3, 0.4) is 0 Å². The van der Waals surface area contributed by atoms with Crippen LogP contribution in [0.1, 0.15) is 49.3 Å². The molecule has 1 aromatic heterocycles. The zero-order valence-electron chi connectivity index (χ0n) is 15.0. The number of benzene rings is 1. The lowest BCUT2D eigenvalue weighted by atomic mass is 10.1. The summed E-state index contributed by atoms with van der Waals surface area (Å²) in [5.41, 5.74) is 3.19. The molecule has 0 radical (unpaired) electrons. The van der Waals surface area contributed by atoms with Crippen LogP contribution >= 0.6 is 0 Å². The summed E-state index contributed by atoms with van der Waals surface area (Å²) in [6.07, 6.45) is 8.74. The fraction of sp³-hybridized carbons (Fsp3) is 0.476. The van der Waals surface area contributed by atoms with Crippen molar-refractivity contribution in [2.45, 2.75) is 38.5 Å². The molecule has 1 aliphatic heterocycles. The Bertz CT molecular complexity index is 761. The van der Waals surface area contributed by atoms with Crippen LogP contribution in [0.4, 0.5) is 10.3 Å². The molecule has 138 valence electrons. The van der Waals surface area contributed by atoms with Gasteiger partial charge in [0.15, 0.2) is 0 Å². The molecule has 0 saturated carbocycles. The molecule has 1 aromatic carbocycles. The van der Waals surface area contributed by atoms with Gasteiger partial charge in [-0.15, -0.1) is 0 Å². The molecular formula is C21H25FN2O2. The molecule has 2 heterocycles. The first-order chi connectivity index (χ1) is 12.8. The quantitative estimate of drug-likeness (QED) is 0.803. The minimum atomic E-state index is -0.216. The summed E-state index contributed by atoms with van der Waals surface area (Å²) < 4.78 is 25.0. The molecule has 4 rings (SSSR count). The third-order valence-corrected chi connectivity index (χ3v) is 5.08. The van der Waals surface area contributed by atoms with E-state index >= 15 is 0 Å². The predicted octanol–water partition coefficient (Wildman–Crippen LogP) is 4.59. The minimum Gasteiger partial charge on any atom is -0.421 e. The summed E-state index contributed by atoms with van der Waals surface area (Å²) in [6.45, 7) is 3.03. The lowest BCUT2D eigenvalue weighted by Gasteiger charge is -2.26. The molecule has 0 spiro atoms. The molecule has 1 fully saturated rings. The Morgan fingerprint density at radius 1 is 1.04 bits per heavy atom. The predicted molar refractivity (Wildman–Crippen MR) is 99.8 cm³/mol. The maximum atomic E-state index is 13.2. The van der Waals surface area contributed by atoms with Crippen molar-refractivity contribution in [3.05, 3.63) is 53.3 Å². The van der Waals surface area contributed by atoms with E-state index in [2.05, 4.69) is 11.0 Å².